The molecule has 0 aromatic heterocycles. The van der Waals surface area contributed by atoms with Crippen LogP contribution in [0.1, 0.15) is 35.1 Å². The molecule has 11 nitrogen and oxygen atoms in total. The third-order valence-electron chi connectivity index (χ3n) is 9.65. The standard InChI is InChI=1S/C35H39ClN6O5S/c1-38(2)33(43)31-6-5-15-41(31)35(29-20-25(9-14-32(29)47-4)23-40-18-16-39(3)17-19-40)28-21-26(36)10-13-30(28)42(34(35)44)48(45,46)27-11-7-24(22-37)8-12-27/h7-14,20-21,31H,5-6,15-19,23H2,1-4H3/t31-,35?/m0/s1. The van der Waals surface area contributed by atoms with Gasteiger partial charge >= 0.3 is 0 Å². The van der Waals surface area contributed by atoms with Crippen molar-refractivity contribution in [3.63, 3.8) is 0 Å². The molecule has 0 aliphatic carbocycles. The minimum Gasteiger partial charge on any atom is -0.496 e. The zero-order valence-corrected chi connectivity index (χ0v) is 29.1. The van der Waals surface area contributed by atoms with E-state index in [-0.39, 0.29) is 22.1 Å². The number of hydrogen-bond donors (Lipinski definition) is 0. The summed E-state index contributed by atoms with van der Waals surface area (Å²) < 4.78 is 35.8. The second-order valence-electron chi connectivity index (χ2n) is 12.8. The van der Waals surface area contributed by atoms with Crippen molar-refractivity contribution in [3.8, 4) is 11.8 Å². The Labute approximate surface area is 286 Å². The number of likely N-dealkylation sites (tertiary alicyclic amines) is 1. The van der Waals surface area contributed by atoms with Crippen LogP contribution in [0.15, 0.2) is 65.6 Å². The van der Waals surface area contributed by atoms with Crippen molar-refractivity contribution in [2.75, 3.05) is 65.3 Å². The molecule has 2 fully saturated rings. The summed E-state index contributed by atoms with van der Waals surface area (Å²) >= 11 is 6.65. The minimum absolute atomic E-state index is 0.142. The number of nitrogens with zero attached hydrogens (tertiary/aromatic N) is 6. The van der Waals surface area contributed by atoms with E-state index in [0.717, 1.165) is 36.0 Å². The summed E-state index contributed by atoms with van der Waals surface area (Å²) in [5.74, 6) is -0.557. The van der Waals surface area contributed by atoms with Crippen molar-refractivity contribution in [2.45, 2.75) is 35.9 Å². The van der Waals surface area contributed by atoms with Gasteiger partial charge in [-0.3, -0.25) is 19.4 Å². The molecule has 0 bridgehead atoms. The quantitative estimate of drug-likeness (QED) is 0.350. The van der Waals surface area contributed by atoms with E-state index in [2.05, 4.69) is 16.8 Å². The fraction of sp³-hybridized carbons (Fsp3) is 0.400. The summed E-state index contributed by atoms with van der Waals surface area (Å²) in [6.45, 7) is 4.58. The number of piperazine rings is 1. The summed E-state index contributed by atoms with van der Waals surface area (Å²) in [7, 11) is 2.45. The van der Waals surface area contributed by atoms with Crippen LogP contribution in [-0.2, 0) is 31.7 Å². The molecule has 0 radical (unpaired) electrons. The molecule has 3 aromatic rings. The molecule has 3 aliphatic rings. The van der Waals surface area contributed by atoms with Crippen molar-refractivity contribution in [1.82, 2.24) is 19.6 Å². The summed E-state index contributed by atoms with van der Waals surface area (Å²) in [6.07, 6.45) is 1.09. The molecule has 3 aromatic carbocycles. The SMILES string of the molecule is COc1ccc(CN2CCN(C)CC2)cc1C1(N2CCC[C@H]2C(=O)N(C)C)C(=O)N(S(=O)(=O)c2ccc(C#N)cc2)c2ccc(Cl)cc21. The van der Waals surface area contributed by atoms with Crippen LogP contribution >= 0.6 is 11.6 Å². The lowest BCUT2D eigenvalue weighted by atomic mass is 9.80. The molecular weight excluding hydrogens is 652 g/mol. The number of carbonyl (C=O) groups excluding carboxylic acids is 2. The van der Waals surface area contributed by atoms with Crippen LogP contribution in [0.2, 0.25) is 5.02 Å². The van der Waals surface area contributed by atoms with Gasteiger partial charge in [-0.1, -0.05) is 17.7 Å². The van der Waals surface area contributed by atoms with E-state index in [1.165, 1.54) is 42.3 Å². The van der Waals surface area contributed by atoms with Crippen LogP contribution in [0.5, 0.6) is 5.75 Å². The molecule has 0 saturated carbocycles. The van der Waals surface area contributed by atoms with E-state index in [0.29, 0.717) is 47.8 Å². The number of sulfonamides is 1. The van der Waals surface area contributed by atoms with Crippen molar-refractivity contribution >= 4 is 39.1 Å². The monoisotopic (exact) mass is 690 g/mol. The first-order valence-corrected chi connectivity index (χ1v) is 17.7. The van der Waals surface area contributed by atoms with Gasteiger partial charge in [-0.25, -0.2) is 12.7 Å². The number of halogens is 1. The Hall–Kier alpha value is -3.99. The Morgan fingerprint density at radius 2 is 1.73 bits per heavy atom. The number of anilines is 1. The second kappa shape index (κ2) is 13.1. The molecule has 6 rings (SSSR count). The minimum atomic E-state index is -4.50. The molecule has 2 atom stereocenters. The van der Waals surface area contributed by atoms with Crippen LogP contribution in [0.4, 0.5) is 5.69 Å². The Morgan fingerprint density at radius 3 is 2.38 bits per heavy atom. The topological polar surface area (TPSA) is 118 Å². The fourth-order valence-electron chi connectivity index (χ4n) is 7.21. The second-order valence-corrected chi connectivity index (χ2v) is 15.0. The highest BCUT2D eigenvalue weighted by atomic mass is 35.5. The Morgan fingerprint density at radius 1 is 1.02 bits per heavy atom. The number of fused-ring (bicyclic) bond motifs is 1. The molecule has 3 heterocycles. The number of carbonyl (C=O) groups is 2. The third kappa shape index (κ3) is 5.63. The number of hydrogen-bond acceptors (Lipinski definition) is 9. The Balaban J connectivity index is 1.61. The molecule has 13 heteroatoms. The highest BCUT2D eigenvalue weighted by molar-refractivity contribution is 7.93. The van der Waals surface area contributed by atoms with E-state index in [4.69, 9.17) is 16.3 Å². The van der Waals surface area contributed by atoms with Gasteiger partial charge in [0, 0.05) is 69.5 Å². The highest BCUT2D eigenvalue weighted by Gasteiger charge is 2.63. The van der Waals surface area contributed by atoms with E-state index in [9.17, 15) is 18.5 Å². The Kier molecular flexibility index (Phi) is 9.28. The maximum absolute atomic E-state index is 15.5. The number of amides is 2. The van der Waals surface area contributed by atoms with Crippen molar-refractivity contribution in [3.05, 3.63) is 87.9 Å². The molecule has 2 saturated heterocycles. The maximum Gasteiger partial charge on any atom is 0.271 e. The van der Waals surface area contributed by atoms with Gasteiger partial charge in [-0.2, -0.15) is 5.26 Å². The normalized spacial score (nSPS) is 22.0. The predicted molar refractivity (Wildman–Crippen MR) is 182 cm³/mol. The lowest BCUT2D eigenvalue weighted by molar-refractivity contribution is -0.138. The van der Waals surface area contributed by atoms with E-state index in [1.807, 2.05) is 29.2 Å². The zero-order valence-electron chi connectivity index (χ0n) is 27.5. The average Bonchev–Trinajstić information content (AvgIpc) is 3.66. The fourth-order valence-corrected chi connectivity index (χ4v) is 8.84. The predicted octanol–water partition coefficient (Wildman–Crippen LogP) is 3.50. The summed E-state index contributed by atoms with van der Waals surface area (Å²) in [4.78, 5) is 37.1. The van der Waals surface area contributed by atoms with E-state index < -0.39 is 27.5 Å². The van der Waals surface area contributed by atoms with Gasteiger partial charge in [0.15, 0.2) is 5.54 Å². The summed E-state index contributed by atoms with van der Waals surface area (Å²) in [5, 5.41) is 9.63. The highest BCUT2D eigenvalue weighted by Crippen LogP contribution is 2.55. The summed E-state index contributed by atoms with van der Waals surface area (Å²) in [5.41, 5.74) is 0.368. The van der Waals surface area contributed by atoms with Crippen LogP contribution in [0.25, 0.3) is 0 Å². The van der Waals surface area contributed by atoms with Crippen LogP contribution in [-0.4, -0.2) is 107 Å². The molecular formula is C35H39ClN6O5S. The maximum atomic E-state index is 15.5. The molecule has 252 valence electrons. The third-order valence-corrected chi connectivity index (χ3v) is 11.6. The number of rotatable bonds is 8. The van der Waals surface area contributed by atoms with Crippen molar-refractivity contribution < 1.29 is 22.7 Å². The number of benzene rings is 3. The van der Waals surface area contributed by atoms with Gasteiger partial charge in [-0.15, -0.1) is 0 Å². The average molecular weight is 691 g/mol. The number of nitriles is 1. The van der Waals surface area contributed by atoms with E-state index >= 15 is 4.79 Å². The van der Waals surface area contributed by atoms with Gasteiger partial charge in [0.2, 0.25) is 5.91 Å². The van der Waals surface area contributed by atoms with Gasteiger partial charge in [-0.05, 0) is 80.1 Å². The van der Waals surface area contributed by atoms with Crippen LogP contribution < -0.4 is 9.04 Å². The van der Waals surface area contributed by atoms with Gasteiger partial charge in [0.05, 0.1) is 35.4 Å². The first-order chi connectivity index (χ1) is 22.9. The Bertz CT molecular complexity index is 1890. The molecule has 0 N–H and O–H groups in total. The van der Waals surface area contributed by atoms with Gasteiger partial charge in [0.1, 0.15) is 5.75 Å². The first-order valence-electron chi connectivity index (χ1n) is 15.9. The molecule has 1 unspecified atom stereocenters. The lowest BCUT2D eigenvalue weighted by Gasteiger charge is -2.42. The van der Waals surface area contributed by atoms with Crippen LogP contribution in [0, 0.1) is 11.3 Å². The van der Waals surface area contributed by atoms with E-state index in [1.54, 1.807) is 26.2 Å². The number of ether oxygens (including phenoxy) is 1. The lowest BCUT2D eigenvalue weighted by Crippen LogP contribution is -2.59. The molecule has 2 amide bonds. The summed E-state index contributed by atoms with van der Waals surface area (Å²) in [6, 6.07) is 17.2. The number of likely N-dealkylation sites (N-methyl/N-ethyl adjacent to an activating group) is 2. The molecule has 3 aliphatic heterocycles. The molecule has 48 heavy (non-hydrogen) atoms. The van der Waals surface area contributed by atoms with Crippen LogP contribution in [0.3, 0.4) is 0 Å². The largest absolute Gasteiger partial charge is 0.496 e. The number of methoxy groups -OCH3 is 1. The molecule has 0 spiro atoms. The first kappa shape index (κ1) is 33.9. The van der Waals surface area contributed by atoms with Crippen molar-refractivity contribution in [2.24, 2.45) is 0 Å². The van der Waals surface area contributed by atoms with Gasteiger partial charge < -0.3 is 14.5 Å². The zero-order chi connectivity index (χ0) is 34.4. The van der Waals surface area contributed by atoms with Gasteiger partial charge in [0.25, 0.3) is 15.9 Å². The van der Waals surface area contributed by atoms with Crippen molar-refractivity contribution in [1.29, 1.82) is 5.26 Å². The smallest absolute Gasteiger partial charge is 0.271 e.